The smallest absolute Gasteiger partial charge is 0.252 e. The first-order chi connectivity index (χ1) is 11.7. The molecule has 0 aromatic heterocycles. The molecule has 0 aliphatic carbocycles. The van der Waals surface area contributed by atoms with E-state index in [0.717, 1.165) is 0 Å². The standard InChI is InChI=1S/C19H18N2O3/c1-20-19(23)17-8-4-3-6-14(17)7-5-13-21-18(22)15-9-11-16(24-2)12-10-15/h3-4,6,8-12H,13H2,1-2H3,(H,20,23)(H,21,22). The zero-order valence-corrected chi connectivity index (χ0v) is 13.6. The highest BCUT2D eigenvalue weighted by Gasteiger charge is 2.07. The second-order valence-electron chi connectivity index (χ2n) is 4.84. The molecule has 0 saturated carbocycles. The van der Waals surface area contributed by atoms with Gasteiger partial charge < -0.3 is 15.4 Å². The van der Waals surface area contributed by atoms with Crippen molar-refractivity contribution in [1.82, 2.24) is 10.6 Å². The van der Waals surface area contributed by atoms with Gasteiger partial charge in [-0.1, -0.05) is 24.0 Å². The highest BCUT2D eigenvalue weighted by Crippen LogP contribution is 2.11. The molecule has 2 rings (SSSR count). The predicted octanol–water partition coefficient (Wildman–Crippen LogP) is 1.84. The molecule has 0 bridgehead atoms. The van der Waals surface area contributed by atoms with Gasteiger partial charge in [-0.2, -0.15) is 0 Å². The molecule has 5 nitrogen and oxygen atoms in total. The molecule has 0 heterocycles. The first-order valence-electron chi connectivity index (χ1n) is 7.38. The Kier molecular flexibility index (Phi) is 5.98. The summed E-state index contributed by atoms with van der Waals surface area (Å²) < 4.78 is 5.05. The average molecular weight is 322 g/mol. The number of rotatable bonds is 4. The van der Waals surface area contributed by atoms with Gasteiger partial charge in [-0.05, 0) is 36.4 Å². The first-order valence-corrected chi connectivity index (χ1v) is 7.38. The lowest BCUT2D eigenvalue weighted by Crippen LogP contribution is -2.23. The van der Waals surface area contributed by atoms with Crippen molar-refractivity contribution in [2.24, 2.45) is 0 Å². The molecule has 0 atom stereocenters. The molecule has 0 aliphatic heterocycles. The molecule has 2 N–H and O–H groups in total. The van der Waals surface area contributed by atoms with Crippen LogP contribution in [0.4, 0.5) is 0 Å². The SMILES string of the molecule is CNC(=O)c1ccccc1C#CCNC(=O)c1ccc(OC)cc1. The molecule has 122 valence electrons. The highest BCUT2D eigenvalue weighted by atomic mass is 16.5. The number of ether oxygens (including phenoxy) is 1. The molecule has 0 radical (unpaired) electrons. The van der Waals surface area contributed by atoms with Gasteiger partial charge in [0, 0.05) is 18.2 Å². The fraction of sp³-hybridized carbons (Fsp3) is 0.158. The van der Waals surface area contributed by atoms with Crippen molar-refractivity contribution in [3.63, 3.8) is 0 Å². The van der Waals surface area contributed by atoms with Crippen molar-refractivity contribution in [2.75, 3.05) is 20.7 Å². The van der Waals surface area contributed by atoms with Crippen molar-refractivity contribution in [2.45, 2.75) is 0 Å². The van der Waals surface area contributed by atoms with Gasteiger partial charge in [-0.15, -0.1) is 0 Å². The zero-order valence-electron chi connectivity index (χ0n) is 13.6. The van der Waals surface area contributed by atoms with E-state index >= 15 is 0 Å². The van der Waals surface area contributed by atoms with E-state index in [2.05, 4.69) is 22.5 Å². The van der Waals surface area contributed by atoms with Crippen LogP contribution in [0, 0.1) is 11.8 Å². The third-order valence-electron chi connectivity index (χ3n) is 3.31. The van der Waals surface area contributed by atoms with Crippen molar-refractivity contribution in [3.8, 4) is 17.6 Å². The molecule has 0 spiro atoms. The van der Waals surface area contributed by atoms with Crippen LogP contribution in [0.3, 0.4) is 0 Å². The van der Waals surface area contributed by atoms with E-state index in [1.807, 2.05) is 6.07 Å². The number of carbonyl (C=O) groups is 2. The molecule has 0 saturated heterocycles. The maximum Gasteiger partial charge on any atom is 0.252 e. The van der Waals surface area contributed by atoms with Crippen molar-refractivity contribution < 1.29 is 14.3 Å². The summed E-state index contributed by atoms with van der Waals surface area (Å²) in [6.07, 6.45) is 0. The summed E-state index contributed by atoms with van der Waals surface area (Å²) in [7, 11) is 3.14. The molecule has 0 aliphatic rings. The molecule has 24 heavy (non-hydrogen) atoms. The second-order valence-corrected chi connectivity index (χ2v) is 4.84. The highest BCUT2D eigenvalue weighted by molar-refractivity contribution is 5.96. The minimum absolute atomic E-state index is 0.187. The molecule has 2 aromatic carbocycles. The van der Waals surface area contributed by atoms with Gasteiger partial charge in [-0.25, -0.2) is 0 Å². The van der Waals surface area contributed by atoms with Gasteiger partial charge >= 0.3 is 0 Å². The largest absolute Gasteiger partial charge is 0.497 e. The quantitative estimate of drug-likeness (QED) is 0.844. The van der Waals surface area contributed by atoms with Crippen LogP contribution >= 0.6 is 0 Å². The number of carbonyl (C=O) groups excluding carboxylic acids is 2. The van der Waals surface area contributed by atoms with E-state index in [1.165, 1.54) is 0 Å². The maximum atomic E-state index is 12.0. The van der Waals surface area contributed by atoms with Gasteiger partial charge in [0.2, 0.25) is 0 Å². The molecule has 0 unspecified atom stereocenters. The minimum Gasteiger partial charge on any atom is -0.497 e. The minimum atomic E-state index is -0.216. The van der Waals surface area contributed by atoms with Crippen molar-refractivity contribution in [3.05, 3.63) is 65.2 Å². The summed E-state index contributed by atoms with van der Waals surface area (Å²) in [6, 6.07) is 13.9. The predicted molar refractivity (Wildman–Crippen MR) is 92.0 cm³/mol. The zero-order chi connectivity index (χ0) is 17.4. The Bertz CT molecular complexity index is 786. The lowest BCUT2D eigenvalue weighted by atomic mass is 10.1. The van der Waals surface area contributed by atoms with E-state index < -0.39 is 0 Å². The van der Waals surface area contributed by atoms with Crippen LogP contribution in [0.25, 0.3) is 0 Å². The third kappa shape index (κ3) is 4.37. The number of hydrogen-bond acceptors (Lipinski definition) is 3. The Balaban J connectivity index is 1.99. The fourth-order valence-electron chi connectivity index (χ4n) is 2.03. The number of amides is 2. The van der Waals surface area contributed by atoms with Crippen LogP contribution < -0.4 is 15.4 Å². The van der Waals surface area contributed by atoms with Gasteiger partial charge in [0.25, 0.3) is 11.8 Å². The molecular formula is C19H18N2O3. The number of methoxy groups -OCH3 is 1. The Morgan fingerprint density at radius 1 is 1.04 bits per heavy atom. The van der Waals surface area contributed by atoms with E-state index in [-0.39, 0.29) is 18.4 Å². The monoisotopic (exact) mass is 322 g/mol. The molecule has 0 fully saturated rings. The van der Waals surface area contributed by atoms with Crippen LogP contribution in [0.5, 0.6) is 5.75 Å². The summed E-state index contributed by atoms with van der Waals surface area (Å²) in [6.45, 7) is 0.187. The average Bonchev–Trinajstić information content (AvgIpc) is 2.64. The Hall–Kier alpha value is -3.26. The normalized spacial score (nSPS) is 9.42. The van der Waals surface area contributed by atoms with Crippen molar-refractivity contribution >= 4 is 11.8 Å². The number of nitrogens with one attached hydrogen (secondary N) is 2. The summed E-state index contributed by atoms with van der Waals surface area (Å²) in [4.78, 5) is 23.7. The summed E-state index contributed by atoms with van der Waals surface area (Å²) in [5.41, 5.74) is 1.66. The van der Waals surface area contributed by atoms with Gasteiger partial charge in [0.05, 0.1) is 19.2 Å². The summed E-state index contributed by atoms with van der Waals surface area (Å²) in [5, 5.41) is 5.29. The van der Waals surface area contributed by atoms with Crippen LogP contribution in [0.15, 0.2) is 48.5 Å². The molecular weight excluding hydrogens is 304 g/mol. The number of benzene rings is 2. The van der Waals surface area contributed by atoms with Crippen LogP contribution in [-0.4, -0.2) is 32.5 Å². The second kappa shape index (κ2) is 8.39. The van der Waals surface area contributed by atoms with Gasteiger partial charge in [0.1, 0.15) is 5.75 Å². The Morgan fingerprint density at radius 2 is 1.75 bits per heavy atom. The Labute approximate surface area is 141 Å². The van der Waals surface area contributed by atoms with E-state index in [0.29, 0.717) is 22.4 Å². The van der Waals surface area contributed by atoms with E-state index in [4.69, 9.17) is 4.74 Å². The van der Waals surface area contributed by atoms with Crippen LogP contribution in [-0.2, 0) is 0 Å². The lowest BCUT2D eigenvalue weighted by molar-refractivity contribution is 0.0952. The van der Waals surface area contributed by atoms with Gasteiger partial charge in [-0.3, -0.25) is 9.59 Å². The summed E-state index contributed by atoms with van der Waals surface area (Å²) >= 11 is 0. The topological polar surface area (TPSA) is 67.4 Å². The third-order valence-corrected chi connectivity index (χ3v) is 3.31. The summed E-state index contributed by atoms with van der Waals surface area (Å²) in [5.74, 6) is 6.05. The van der Waals surface area contributed by atoms with Crippen LogP contribution in [0.1, 0.15) is 26.3 Å². The molecule has 2 aromatic rings. The maximum absolute atomic E-state index is 12.0. The lowest BCUT2D eigenvalue weighted by Gasteiger charge is -2.03. The Morgan fingerprint density at radius 3 is 2.42 bits per heavy atom. The van der Waals surface area contributed by atoms with Gasteiger partial charge in [0.15, 0.2) is 0 Å². The van der Waals surface area contributed by atoms with Crippen molar-refractivity contribution in [1.29, 1.82) is 0 Å². The number of hydrogen-bond donors (Lipinski definition) is 2. The van der Waals surface area contributed by atoms with Crippen LogP contribution in [0.2, 0.25) is 0 Å². The molecule has 5 heteroatoms. The van der Waals surface area contributed by atoms with E-state index in [9.17, 15) is 9.59 Å². The fourth-order valence-corrected chi connectivity index (χ4v) is 2.03. The van der Waals surface area contributed by atoms with E-state index in [1.54, 1.807) is 56.6 Å². The first kappa shape index (κ1) is 17.1. The molecule has 2 amide bonds.